The van der Waals surface area contributed by atoms with E-state index in [1.54, 1.807) is 0 Å². The van der Waals surface area contributed by atoms with Gasteiger partial charge in [0, 0.05) is 45.9 Å². The Morgan fingerprint density at radius 3 is 2.80 bits per heavy atom. The molecule has 6 rings (SSSR count). The lowest BCUT2D eigenvalue weighted by Gasteiger charge is -2.39. The molecule has 188 valence electrons. The summed E-state index contributed by atoms with van der Waals surface area (Å²) < 4.78 is 0. The van der Waals surface area contributed by atoms with Gasteiger partial charge in [0.05, 0.1) is 5.37 Å². The molecule has 2 saturated heterocycles. The van der Waals surface area contributed by atoms with E-state index in [1.807, 2.05) is 23.9 Å². The predicted octanol–water partition coefficient (Wildman–Crippen LogP) is 5.97. The minimum absolute atomic E-state index is 0.0879. The van der Waals surface area contributed by atoms with E-state index in [0.29, 0.717) is 16.0 Å². The van der Waals surface area contributed by atoms with E-state index in [2.05, 4.69) is 27.4 Å². The van der Waals surface area contributed by atoms with Crippen LogP contribution >= 0.6 is 35.0 Å². The van der Waals surface area contributed by atoms with Crippen LogP contribution in [0.5, 0.6) is 0 Å². The molecule has 1 amide bonds. The molecular formula is C27H34Cl2N4OS. The van der Waals surface area contributed by atoms with Crippen LogP contribution in [0.4, 0.5) is 0 Å². The fraction of sp³-hybridized carbons (Fsp3) is 0.704. The highest BCUT2D eigenvalue weighted by molar-refractivity contribution is 7.99. The van der Waals surface area contributed by atoms with E-state index in [-0.39, 0.29) is 34.3 Å². The number of thioether (sulfide) groups is 1. The Morgan fingerprint density at radius 2 is 1.97 bits per heavy atom. The number of benzene rings is 1. The molecule has 2 aliphatic heterocycles. The summed E-state index contributed by atoms with van der Waals surface area (Å²) in [6, 6.07) is 5.97. The predicted molar refractivity (Wildman–Crippen MR) is 141 cm³/mol. The fourth-order valence-corrected chi connectivity index (χ4v) is 9.55. The van der Waals surface area contributed by atoms with E-state index in [4.69, 9.17) is 28.5 Å². The normalized spacial score (nSPS) is 38.8. The Labute approximate surface area is 222 Å². The van der Waals surface area contributed by atoms with Crippen molar-refractivity contribution < 1.29 is 4.79 Å². The van der Waals surface area contributed by atoms with Crippen molar-refractivity contribution in [2.24, 2.45) is 11.3 Å². The van der Waals surface area contributed by atoms with Gasteiger partial charge < -0.3 is 10.2 Å². The van der Waals surface area contributed by atoms with Crippen molar-refractivity contribution in [3.05, 3.63) is 33.8 Å². The van der Waals surface area contributed by atoms with Crippen molar-refractivity contribution in [2.75, 3.05) is 18.8 Å². The molecule has 1 aromatic rings. The molecule has 0 aromatic heterocycles. The molecule has 0 radical (unpaired) electrons. The number of fused-ring (bicyclic) bond motifs is 1. The second-order valence-corrected chi connectivity index (χ2v) is 13.4. The zero-order chi connectivity index (χ0) is 24.2. The van der Waals surface area contributed by atoms with Gasteiger partial charge in [0.15, 0.2) is 6.19 Å². The molecule has 0 bridgehead atoms. The highest BCUT2D eigenvalue weighted by Crippen LogP contribution is 2.62. The summed E-state index contributed by atoms with van der Waals surface area (Å²) in [5.41, 5.74) is 1.32. The van der Waals surface area contributed by atoms with Gasteiger partial charge in [-0.1, -0.05) is 61.4 Å². The summed E-state index contributed by atoms with van der Waals surface area (Å²) in [5, 5.41) is 13.4. The number of carbonyl (C=O) groups excluding carboxylic acids is 1. The van der Waals surface area contributed by atoms with Gasteiger partial charge in [-0.3, -0.25) is 9.69 Å². The number of carbonyl (C=O) groups is 1. The van der Waals surface area contributed by atoms with Crippen molar-refractivity contribution in [1.29, 1.82) is 5.26 Å². The maximum atomic E-state index is 14.1. The van der Waals surface area contributed by atoms with Crippen molar-refractivity contribution in [3.8, 4) is 6.19 Å². The number of hydrogen-bond donors (Lipinski definition) is 1. The SMILES string of the molecule is N#CNC1C[C@@]12CCN(C(=O)C1CSC(c3ccc(Cl)cc3Cl)N1C13CCCCCCCC1C3)C2. The monoisotopic (exact) mass is 532 g/mol. The molecule has 3 aliphatic carbocycles. The van der Waals surface area contributed by atoms with Crippen molar-refractivity contribution in [1.82, 2.24) is 15.1 Å². The summed E-state index contributed by atoms with van der Waals surface area (Å²) in [6.07, 6.45) is 14.3. The summed E-state index contributed by atoms with van der Waals surface area (Å²) in [6.45, 7) is 1.59. The topological polar surface area (TPSA) is 59.4 Å². The van der Waals surface area contributed by atoms with Crippen LogP contribution in [-0.2, 0) is 4.79 Å². The minimum Gasteiger partial charge on any atom is -0.341 e. The van der Waals surface area contributed by atoms with Crippen LogP contribution in [0.1, 0.15) is 75.1 Å². The van der Waals surface area contributed by atoms with E-state index < -0.39 is 0 Å². The molecule has 5 nitrogen and oxygen atoms in total. The first-order valence-electron chi connectivity index (χ1n) is 13.3. The lowest BCUT2D eigenvalue weighted by molar-refractivity contribution is -0.136. The van der Waals surface area contributed by atoms with E-state index in [9.17, 15) is 4.79 Å². The molecular weight excluding hydrogens is 499 g/mol. The number of likely N-dealkylation sites (tertiary alicyclic amines) is 1. The number of halogens is 2. The lowest BCUT2D eigenvalue weighted by Crippen LogP contribution is -2.52. The number of nitrogens with zero attached hydrogens (tertiary/aromatic N) is 3. The number of rotatable bonds is 4. The first kappa shape index (κ1) is 24.2. The fourth-order valence-electron chi connectivity index (χ4n) is 7.40. The van der Waals surface area contributed by atoms with E-state index in [0.717, 1.165) is 37.2 Å². The first-order chi connectivity index (χ1) is 17.0. The van der Waals surface area contributed by atoms with Crippen LogP contribution in [0.3, 0.4) is 0 Å². The molecule has 3 saturated carbocycles. The third-order valence-corrected chi connectivity index (χ3v) is 11.4. The van der Waals surface area contributed by atoms with Crippen LogP contribution in [0.15, 0.2) is 18.2 Å². The molecule has 2 heterocycles. The average molecular weight is 534 g/mol. The molecule has 1 N–H and O–H groups in total. The van der Waals surface area contributed by atoms with Crippen LogP contribution in [-0.4, -0.2) is 52.2 Å². The van der Waals surface area contributed by atoms with Crippen LogP contribution in [0.2, 0.25) is 10.0 Å². The maximum Gasteiger partial charge on any atom is 0.240 e. The Balaban J connectivity index is 1.29. The molecule has 1 spiro atoms. The molecule has 5 unspecified atom stereocenters. The first-order valence-corrected chi connectivity index (χ1v) is 15.1. The Bertz CT molecular complexity index is 1050. The minimum atomic E-state index is -0.112. The van der Waals surface area contributed by atoms with Crippen LogP contribution in [0, 0.1) is 22.8 Å². The molecule has 5 fully saturated rings. The zero-order valence-electron chi connectivity index (χ0n) is 20.1. The maximum absolute atomic E-state index is 14.1. The highest BCUT2D eigenvalue weighted by Gasteiger charge is 2.64. The van der Waals surface area contributed by atoms with Gasteiger partial charge in [-0.2, -0.15) is 5.26 Å². The zero-order valence-corrected chi connectivity index (χ0v) is 22.5. The van der Waals surface area contributed by atoms with Crippen LogP contribution < -0.4 is 5.32 Å². The Kier molecular flexibility index (Phi) is 6.45. The largest absolute Gasteiger partial charge is 0.341 e. The number of nitriles is 1. The third-order valence-electron chi connectivity index (χ3n) is 9.52. The average Bonchev–Trinajstić information content (AvgIpc) is 3.52. The molecule has 35 heavy (non-hydrogen) atoms. The second kappa shape index (κ2) is 9.31. The molecule has 6 atom stereocenters. The molecule has 5 aliphatic rings. The Morgan fingerprint density at radius 1 is 1.14 bits per heavy atom. The van der Waals surface area contributed by atoms with E-state index >= 15 is 0 Å². The number of hydrogen-bond acceptors (Lipinski definition) is 5. The van der Waals surface area contributed by atoms with Gasteiger partial charge in [0.2, 0.25) is 5.91 Å². The van der Waals surface area contributed by atoms with Gasteiger partial charge >= 0.3 is 0 Å². The molecule has 8 heteroatoms. The number of nitrogens with one attached hydrogen (secondary N) is 1. The van der Waals surface area contributed by atoms with Crippen LogP contribution in [0.25, 0.3) is 0 Å². The van der Waals surface area contributed by atoms with Gasteiger partial charge in [-0.15, -0.1) is 11.8 Å². The van der Waals surface area contributed by atoms with Crippen molar-refractivity contribution in [2.45, 2.75) is 87.2 Å². The quantitative estimate of drug-likeness (QED) is 0.382. The van der Waals surface area contributed by atoms with Gasteiger partial charge in [-0.25, -0.2) is 0 Å². The second-order valence-electron chi connectivity index (χ2n) is 11.5. The van der Waals surface area contributed by atoms with E-state index in [1.165, 1.54) is 51.4 Å². The van der Waals surface area contributed by atoms with Crippen molar-refractivity contribution >= 4 is 40.9 Å². The lowest BCUT2D eigenvalue weighted by atomic mass is 9.98. The highest BCUT2D eigenvalue weighted by atomic mass is 35.5. The summed E-state index contributed by atoms with van der Waals surface area (Å²) >= 11 is 14.9. The third kappa shape index (κ3) is 4.25. The van der Waals surface area contributed by atoms with Crippen molar-refractivity contribution in [3.63, 3.8) is 0 Å². The smallest absolute Gasteiger partial charge is 0.240 e. The van der Waals surface area contributed by atoms with Gasteiger partial charge in [0.1, 0.15) is 6.04 Å². The molecule has 1 aromatic carbocycles. The standard InChI is InChI=1S/C27H34Cl2N4OS/c28-19-7-8-20(21(29)12-19)25-33(27-9-5-3-1-2-4-6-18(27)13-27)22(15-35-25)24(34)32-11-10-26(16-32)14-23(26)31-17-30/h7-8,12,18,22-23,25,31H,1-6,9-11,13-16H2/t18?,22?,23?,25?,26-,27?/m1/s1. The summed E-state index contributed by atoms with van der Waals surface area (Å²) in [5.74, 6) is 1.77. The van der Waals surface area contributed by atoms with Gasteiger partial charge in [0.25, 0.3) is 0 Å². The number of amides is 1. The summed E-state index contributed by atoms with van der Waals surface area (Å²) in [4.78, 5) is 18.8. The summed E-state index contributed by atoms with van der Waals surface area (Å²) in [7, 11) is 0. The van der Waals surface area contributed by atoms with Gasteiger partial charge in [-0.05, 0) is 55.7 Å². The Hall–Kier alpha value is -1.13.